The highest BCUT2D eigenvalue weighted by atomic mass is 16.5. The Hall–Kier alpha value is -0.690. The molecule has 1 fully saturated rings. The van der Waals surface area contributed by atoms with Gasteiger partial charge in [0.25, 0.3) is 5.91 Å². The molecule has 100 valence electrons. The average molecular weight is 245 g/mol. The van der Waals surface area contributed by atoms with Gasteiger partial charge < -0.3 is 9.84 Å². The maximum Gasteiger partial charge on any atom is 0.253 e. The van der Waals surface area contributed by atoms with Crippen molar-refractivity contribution in [3.8, 4) is 0 Å². The van der Waals surface area contributed by atoms with Crippen LogP contribution in [-0.4, -0.2) is 54.9 Å². The molecule has 0 bridgehead atoms. The highest BCUT2D eigenvalue weighted by Crippen LogP contribution is 2.26. The second-order valence-electron chi connectivity index (χ2n) is 4.38. The summed E-state index contributed by atoms with van der Waals surface area (Å²) in [5.74, 6) is 4.97. The van der Waals surface area contributed by atoms with Gasteiger partial charge in [-0.3, -0.25) is 15.1 Å². The number of nitrogens with two attached hydrogens (primary N) is 1. The molecule has 1 atom stereocenters. The fourth-order valence-corrected chi connectivity index (χ4v) is 2.14. The van der Waals surface area contributed by atoms with Gasteiger partial charge in [0.1, 0.15) is 6.04 Å². The molecule has 0 aromatic carbocycles. The number of nitrogens with zero attached hydrogens (tertiary/aromatic N) is 1. The van der Waals surface area contributed by atoms with Crippen molar-refractivity contribution in [3.63, 3.8) is 0 Å². The predicted molar refractivity (Wildman–Crippen MR) is 64.0 cm³/mol. The van der Waals surface area contributed by atoms with Crippen LogP contribution in [0, 0.1) is 0 Å². The molecular formula is C11H23N3O3. The van der Waals surface area contributed by atoms with Crippen molar-refractivity contribution in [3.05, 3.63) is 0 Å². The van der Waals surface area contributed by atoms with Gasteiger partial charge in [0, 0.05) is 26.3 Å². The quantitative estimate of drug-likeness (QED) is 0.297. The van der Waals surface area contributed by atoms with Crippen LogP contribution >= 0.6 is 0 Å². The summed E-state index contributed by atoms with van der Waals surface area (Å²) in [4.78, 5) is 13.8. The number of hydrogen-bond donors (Lipinski definition) is 3. The number of amides is 1. The number of methoxy groups -OCH3 is 1. The van der Waals surface area contributed by atoms with E-state index in [0.29, 0.717) is 25.6 Å². The van der Waals surface area contributed by atoms with Crippen LogP contribution in [0.15, 0.2) is 0 Å². The van der Waals surface area contributed by atoms with Gasteiger partial charge in [-0.2, -0.15) is 0 Å². The maximum atomic E-state index is 11.7. The first-order valence-corrected chi connectivity index (χ1v) is 6.10. The highest BCUT2D eigenvalue weighted by molar-refractivity contribution is 5.81. The van der Waals surface area contributed by atoms with E-state index in [2.05, 4.69) is 10.3 Å². The van der Waals surface area contributed by atoms with Gasteiger partial charge in [-0.05, 0) is 19.3 Å². The second-order valence-corrected chi connectivity index (χ2v) is 4.38. The van der Waals surface area contributed by atoms with Crippen LogP contribution in [0.5, 0.6) is 0 Å². The van der Waals surface area contributed by atoms with E-state index in [1.807, 2.05) is 0 Å². The first kappa shape index (κ1) is 14.4. The van der Waals surface area contributed by atoms with Crippen LogP contribution in [0.2, 0.25) is 0 Å². The van der Waals surface area contributed by atoms with Crippen molar-refractivity contribution >= 4 is 5.91 Å². The molecule has 17 heavy (non-hydrogen) atoms. The summed E-state index contributed by atoms with van der Waals surface area (Å²) in [6.07, 6.45) is 4.06. The molecule has 4 N–H and O–H groups in total. The lowest BCUT2D eigenvalue weighted by Gasteiger charge is -2.41. The lowest BCUT2D eigenvalue weighted by Crippen LogP contribution is -2.56. The summed E-state index contributed by atoms with van der Waals surface area (Å²) in [7, 11) is 1.57. The Morgan fingerprint density at radius 1 is 1.65 bits per heavy atom. The van der Waals surface area contributed by atoms with Crippen molar-refractivity contribution in [1.82, 2.24) is 10.3 Å². The number of hydrogen-bond acceptors (Lipinski definition) is 5. The van der Waals surface area contributed by atoms with E-state index in [9.17, 15) is 4.79 Å². The maximum absolute atomic E-state index is 11.7. The largest absolute Gasteiger partial charge is 0.396 e. The van der Waals surface area contributed by atoms with Gasteiger partial charge >= 0.3 is 0 Å². The third kappa shape index (κ3) is 3.92. The molecule has 1 rings (SSSR count). The third-order valence-corrected chi connectivity index (χ3v) is 3.29. The smallest absolute Gasteiger partial charge is 0.253 e. The van der Waals surface area contributed by atoms with E-state index in [1.165, 1.54) is 6.42 Å². The molecule has 1 aliphatic rings. The number of nitrogens with one attached hydrogen (secondary N) is 1. The molecular weight excluding hydrogens is 222 g/mol. The summed E-state index contributed by atoms with van der Waals surface area (Å²) in [5.41, 5.74) is 2.19. The Bertz CT molecular complexity index is 234. The third-order valence-electron chi connectivity index (χ3n) is 3.29. The number of carbonyl (C=O) groups is 1. The summed E-state index contributed by atoms with van der Waals surface area (Å²) in [5, 5.41) is 8.91. The van der Waals surface area contributed by atoms with E-state index < -0.39 is 0 Å². The van der Waals surface area contributed by atoms with Crippen LogP contribution in [-0.2, 0) is 9.53 Å². The Balaban J connectivity index is 2.63. The van der Waals surface area contributed by atoms with Crippen molar-refractivity contribution in [2.24, 2.45) is 5.84 Å². The van der Waals surface area contributed by atoms with Crippen molar-refractivity contribution in [2.75, 3.05) is 26.9 Å². The standard InChI is InChI=1S/C11H23N3O3/c1-17-8-10(11(16)13-12)14(6-3-7-15)9-4-2-5-9/h9-10,15H,2-8,12H2,1H3,(H,13,16). The van der Waals surface area contributed by atoms with Crippen LogP contribution in [0.25, 0.3) is 0 Å². The molecule has 6 nitrogen and oxygen atoms in total. The first-order chi connectivity index (χ1) is 8.24. The first-order valence-electron chi connectivity index (χ1n) is 6.10. The van der Waals surface area contributed by atoms with Crippen LogP contribution in [0.1, 0.15) is 25.7 Å². The molecule has 0 aromatic rings. The molecule has 1 amide bonds. The van der Waals surface area contributed by atoms with E-state index in [1.54, 1.807) is 7.11 Å². The van der Waals surface area contributed by atoms with Crippen LogP contribution in [0.4, 0.5) is 0 Å². The molecule has 1 aliphatic carbocycles. The molecule has 0 saturated heterocycles. The SMILES string of the molecule is COCC(C(=O)NN)N(CCCO)C1CCC1. The predicted octanol–water partition coefficient (Wildman–Crippen LogP) is -0.772. The minimum atomic E-state index is -0.359. The summed E-state index contributed by atoms with van der Waals surface area (Å²) < 4.78 is 5.09. The van der Waals surface area contributed by atoms with Crippen molar-refractivity contribution in [2.45, 2.75) is 37.8 Å². The molecule has 6 heteroatoms. The molecule has 0 spiro atoms. The molecule has 0 aliphatic heterocycles. The Labute approximate surface area is 102 Å². The monoisotopic (exact) mass is 245 g/mol. The average Bonchev–Trinajstić information content (AvgIpc) is 2.28. The summed E-state index contributed by atoms with van der Waals surface area (Å²) >= 11 is 0. The number of ether oxygens (including phenoxy) is 1. The van der Waals surface area contributed by atoms with Crippen molar-refractivity contribution < 1.29 is 14.6 Å². The number of hydrazine groups is 1. The molecule has 0 heterocycles. The molecule has 0 radical (unpaired) electrons. The Morgan fingerprint density at radius 3 is 2.76 bits per heavy atom. The van der Waals surface area contributed by atoms with E-state index >= 15 is 0 Å². The summed E-state index contributed by atoms with van der Waals surface area (Å²) in [6.45, 7) is 1.15. The summed E-state index contributed by atoms with van der Waals surface area (Å²) in [6, 6.07) is 0.0563. The van der Waals surface area contributed by atoms with E-state index in [4.69, 9.17) is 15.7 Å². The number of aliphatic hydroxyl groups is 1. The number of rotatable bonds is 8. The highest BCUT2D eigenvalue weighted by Gasteiger charge is 2.33. The minimum Gasteiger partial charge on any atom is -0.396 e. The zero-order chi connectivity index (χ0) is 12.7. The normalized spacial score (nSPS) is 17.9. The lowest BCUT2D eigenvalue weighted by atomic mass is 9.90. The topological polar surface area (TPSA) is 87.8 Å². The van der Waals surface area contributed by atoms with Gasteiger partial charge in [0.2, 0.25) is 0 Å². The fourth-order valence-electron chi connectivity index (χ4n) is 2.14. The van der Waals surface area contributed by atoms with Crippen molar-refractivity contribution in [1.29, 1.82) is 0 Å². The number of aliphatic hydroxyl groups excluding tert-OH is 1. The zero-order valence-electron chi connectivity index (χ0n) is 10.4. The fraction of sp³-hybridized carbons (Fsp3) is 0.909. The molecule has 0 aromatic heterocycles. The van der Waals surface area contributed by atoms with E-state index in [-0.39, 0.29) is 18.6 Å². The Morgan fingerprint density at radius 2 is 2.35 bits per heavy atom. The Kier molecular flexibility index (Phi) is 6.43. The molecule has 1 saturated carbocycles. The number of carbonyl (C=O) groups excluding carboxylic acids is 1. The van der Waals surface area contributed by atoms with Crippen LogP contribution in [0.3, 0.4) is 0 Å². The lowest BCUT2D eigenvalue weighted by molar-refractivity contribution is -0.130. The van der Waals surface area contributed by atoms with E-state index in [0.717, 1.165) is 12.8 Å². The molecule has 1 unspecified atom stereocenters. The van der Waals surface area contributed by atoms with Gasteiger partial charge in [0.15, 0.2) is 0 Å². The van der Waals surface area contributed by atoms with Gasteiger partial charge in [-0.15, -0.1) is 0 Å². The van der Waals surface area contributed by atoms with Gasteiger partial charge in [0.05, 0.1) is 6.61 Å². The van der Waals surface area contributed by atoms with Crippen LogP contribution < -0.4 is 11.3 Å². The second kappa shape index (κ2) is 7.60. The minimum absolute atomic E-state index is 0.132. The van der Waals surface area contributed by atoms with Gasteiger partial charge in [-0.1, -0.05) is 6.42 Å². The van der Waals surface area contributed by atoms with Gasteiger partial charge in [-0.25, -0.2) is 5.84 Å². The zero-order valence-corrected chi connectivity index (χ0v) is 10.4.